The molecule has 0 heterocycles. The van der Waals surface area contributed by atoms with Gasteiger partial charge in [0.05, 0.1) is 0 Å². The van der Waals surface area contributed by atoms with Crippen LogP contribution in [-0.2, 0) is 0 Å². The van der Waals surface area contributed by atoms with Crippen LogP contribution < -0.4 is 0 Å². The minimum Gasteiger partial charge on any atom is -0.147 e. The highest BCUT2D eigenvalue weighted by Gasteiger charge is 2.13. The van der Waals surface area contributed by atoms with E-state index in [1.54, 1.807) is 0 Å². The van der Waals surface area contributed by atoms with Crippen molar-refractivity contribution >= 4 is 29.6 Å². The minimum absolute atomic E-state index is 0.465. The van der Waals surface area contributed by atoms with E-state index >= 15 is 0 Å². The van der Waals surface area contributed by atoms with Crippen molar-refractivity contribution in [2.24, 2.45) is 0 Å². The van der Waals surface area contributed by atoms with Crippen LogP contribution in [0.2, 0.25) is 6.04 Å². The molecule has 0 aliphatic carbocycles. The Balaban J connectivity index is 2.80. The van der Waals surface area contributed by atoms with Gasteiger partial charge in [-0.25, -0.2) is 0 Å². The summed E-state index contributed by atoms with van der Waals surface area (Å²) in [5.74, 6) is 1.04. The molecule has 1 rings (SSSR count). The minimum atomic E-state index is -1.17. The Hall–Kier alpha value is 0.0169. The molecule has 0 amide bonds. The zero-order chi connectivity index (χ0) is 11.4. The van der Waals surface area contributed by atoms with Crippen LogP contribution in [0.4, 0.5) is 0 Å². The molecule has 1 radical (unpaired) electrons. The molecule has 0 aromatic heterocycles. The molecule has 0 fully saturated rings. The van der Waals surface area contributed by atoms with E-state index in [4.69, 9.17) is 22.2 Å². The molecule has 0 N–H and O–H groups in total. The number of halogens is 2. The molecule has 3 heteroatoms. The lowest BCUT2D eigenvalue weighted by atomic mass is 9.96. The standard InChI is InChI=1S/C12H17Cl2Si/c1-9(2)11-5-4-6-12(7-11)10(3)8-15(13)14/h4-7,9-10H,8H2,1-3H3. The van der Waals surface area contributed by atoms with Gasteiger partial charge in [-0.1, -0.05) is 45.0 Å². The summed E-state index contributed by atoms with van der Waals surface area (Å²) in [6, 6.07) is 9.64. The van der Waals surface area contributed by atoms with E-state index in [9.17, 15) is 0 Å². The van der Waals surface area contributed by atoms with Crippen molar-refractivity contribution < 1.29 is 0 Å². The first-order valence-electron chi connectivity index (χ1n) is 5.27. The third-order valence-corrected chi connectivity index (χ3v) is 4.45. The van der Waals surface area contributed by atoms with E-state index in [1.165, 1.54) is 11.1 Å². The summed E-state index contributed by atoms with van der Waals surface area (Å²) >= 11 is 11.8. The summed E-state index contributed by atoms with van der Waals surface area (Å²) in [4.78, 5) is 0. The molecule has 83 valence electrons. The summed E-state index contributed by atoms with van der Waals surface area (Å²) in [5, 5.41) is 0. The molecule has 0 saturated heterocycles. The summed E-state index contributed by atoms with van der Waals surface area (Å²) in [6.07, 6.45) is 0. The SMILES string of the molecule is CC(C)c1cccc(C(C)C[Si](Cl)Cl)c1. The van der Waals surface area contributed by atoms with Gasteiger partial charge < -0.3 is 0 Å². The highest BCUT2D eigenvalue weighted by Crippen LogP contribution is 2.26. The normalized spacial score (nSPS) is 13.5. The molecule has 1 aromatic rings. The predicted octanol–water partition coefficient (Wildman–Crippen LogP) is 4.88. The van der Waals surface area contributed by atoms with Crippen molar-refractivity contribution in [3.8, 4) is 0 Å². The van der Waals surface area contributed by atoms with E-state index in [0.29, 0.717) is 11.8 Å². The molecule has 1 unspecified atom stereocenters. The lowest BCUT2D eigenvalue weighted by Gasteiger charge is -2.14. The van der Waals surface area contributed by atoms with E-state index in [2.05, 4.69) is 45.0 Å². The Bertz CT molecular complexity index is 310. The third-order valence-electron chi connectivity index (χ3n) is 2.61. The van der Waals surface area contributed by atoms with Crippen LogP contribution in [0, 0.1) is 0 Å². The molecule has 0 saturated carbocycles. The maximum Gasteiger partial charge on any atom is 0.274 e. The lowest BCUT2D eigenvalue weighted by molar-refractivity contribution is 0.831. The second kappa shape index (κ2) is 5.93. The van der Waals surface area contributed by atoms with E-state index in [0.717, 1.165) is 6.04 Å². The van der Waals surface area contributed by atoms with Gasteiger partial charge in [0, 0.05) is 0 Å². The maximum atomic E-state index is 5.89. The highest BCUT2D eigenvalue weighted by atomic mass is 35.7. The van der Waals surface area contributed by atoms with Crippen molar-refractivity contribution in [2.75, 3.05) is 0 Å². The van der Waals surface area contributed by atoms with E-state index in [1.807, 2.05) is 0 Å². The van der Waals surface area contributed by atoms with Gasteiger partial charge in [-0.2, -0.15) is 0 Å². The van der Waals surface area contributed by atoms with Crippen molar-refractivity contribution in [3.05, 3.63) is 35.4 Å². The second-order valence-corrected chi connectivity index (χ2v) is 8.67. The van der Waals surface area contributed by atoms with Crippen LogP contribution in [0.1, 0.15) is 43.7 Å². The van der Waals surface area contributed by atoms with E-state index < -0.39 is 7.42 Å². The smallest absolute Gasteiger partial charge is 0.147 e. The van der Waals surface area contributed by atoms with Crippen molar-refractivity contribution in [3.63, 3.8) is 0 Å². The van der Waals surface area contributed by atoms with Crippen LogP contribution in [0.3, 0.4) is 0 Å². The number of rotatable bonds is 4. The number of hydrogen-bond acceptors (Lipinski definition) is 0. The van der Waals surface area contributed by atoms with Crippen molar-refractivity contribution in [1.29, 1.82) is 0 Å². The molecular formula is C12H17Cl2Si. The Kier molecular flexibility index (Phi) is 5.17. The summed E-state index contributed by atoms with van der Waals surface area (Å²) < 4.78 is 0. The Morgan fingerprint density at radius 2 is 1.73 bits per heavy atom. The largest absolute Gasteiger partial charge is 0.274 e. The van der Waals surface area contributed by atoms with E-state index in [-0.39, 0.29) is 0 Å². The maximum absolute atomic E-state index is 5.89. The molecule has 0 aliphatic heterocycles. The first-order valence-corrected chi connectivity index (χ1v) is 9.00. The molecule has 1 atom stereocenters. The van der Waals surface area contributed by atoms with Crippen molar-refractivity contribution in [2.45, 2.75) is 38.7 Å². The van der Waals surface area contributed by atoms with Gasteiger partial charge in [-0.05, 0) is 29.0 Å². The van der Waals surface area contributed by atoms with Crippen LogP contribution >= 0.6 is 22.2 Å². The Morgan fingerprint density at radius 1 is 1.13 bits per heavy atom. The summed E-state index contributed by atoms with van der Waals surface area (Å²) in [7, 11) is -1.17. The van der Waals surface area contributed by atoms with Gasteiger partial charge in [0.25, 0.3) is 7.42 Å². The fourth-order valence-electron chi connectivity index (χ4n) is 1.57. The van der Waals surface area contributed by atoms with Gasteiger partial charge >= 0.3 is 0 Å². The zero-order valence-corrected chi connectivity index (χ0v) is 11.9. The van der Waals surface area contributed by atoms with Crippen molar-refractivity contribution in [1.82, 2.24) is 0 Å². The van der Waals surface area contributed by atoms with Crippen LogP contribution in [0.15, 0.2) is 24.3 Å². The number of hydrogen-bond donors (Lipinski definition) is 0. The topological polar surface area (TPSA) is 0 Å². The Labute approximate surface area is 104 Å². The average molecular weight is 260 g/mol. The molecule has 0 spiro atoms. The quantitative estimate of drug-likeness (QED) is 0.534. The fourth-order valence-corrected chi connectivity index (χ4v) is 3.66. The Morgan fingerprint density at radius 3 is 2.27 bits per heavy atom. The third kappa shape index (κ3) is 4.18. The second-order valence-electron chi connectivity index (χ2n) is 4.27. The molecule has 0 aliphatic rings. The number of benzene rings is 1. The first kappa shape index (κ1) is 13.1. The van der Waals surface area contributed by atoms with Gasteiger partial charge in [0.15, 0.2) is 0 Å². The summed E-state index contributed by atoms with van der Waals surface area (Å²) in [5.41, 5.74) is 2.74. The first-order chi connectivity index (χ1) is 7.00. The lowest BCUT2D eigenvalue weighted by Crippen LogP contribution is -2.02. The molecule has 1 aromatic carbocycles. The monoisotopic (exact) mass is 259 g/mol. The van der Waals surface area contributed by atoms with Gasteiger partial charge in [0.1, 0.15) is 0 Å². The molecule has 0 bridgehead atoms. The summed E-state index contributed by atoms with van der Waals surface area (Å²) in [6.45, 7) is 6.61. The van der Waals surface area contributed by atoms with Gasteiger partial charge in [-0.15, -0.1) is 22.2 Å². The van der Waals surface area contributed by atoms with Gasteiger partial charge in [-0.3, -0.25) is 0 Å². The highest BCUT2D eigenvalue weighted by molar-refractivity contribution is 7.33. The molecule has 0 nitrogen and oxygen atoms in total. The zero-order valence-electron chi connectivity index (χ0n) is 9.43. The fraction of sp³-hybridized carbons (Fsp3) is 0.500. The average Bonchev–Trinajstić information content (AvgIpc) is 2.17. The van der Waals surface area contributed by atoms with Crippen LogP contribution in [0.25, 0.3) is 0 Å². The van der Waals surface area contributed by atoms with Crippen LogP contribution in [-0.4, -0.2) is 7.42 Å². The van der Waals surface area contributed by atoms with Crippen LogP contribution in [0.5, 0.6) is 0 Å². The molecular weight excluding hydrogens is 243 g/mol. The van der Waals surface area contributed by atoms with Gasteiger partial charge in [0.2, 0.25) is 0 Å². The predicted molar refractivity (Wildman–Crippen MR) is 71.2 cm³/mol. The molecule has 15 heavy (non-hydrogen) atoms.